The van der Waals surface area contributed by atoms with Crippen LogP contribution in [0.3, 0.4) is 0 Å². The molecule has 0 bridgehead atoms. The second kappa shape index (κ2) is 4.88. The first-order chi connectivity index (χ1) is 7.76. The van der Waals surface area contributed by atoms with Gasteiger partial charge in [-0.25, -0.2) is 0 Å². The van der Waals surface area contributed by atoms with Gasteiger partial charge in [0.25, 0.3) is 0 Å². The normalized spacial score (nSPS) is 22.9. The van der Waals surface area contributed by atoms with Gasteiger partial charge in [-0.15, -0.1) is 0 Å². The van der Waals surface area contributed by atoms with Crippen LogP contribution < -0.4 is 4.74 Å². The molecule has 16 heavy (non-hydrogen) atoms. The molecule has 1 aliphatic heterocycles. The SMILES string of the molecule is CCCCc1ccc2c(c1)C(O)C(CC)O2. The van der Waals surface area contributed by atoms with E-state index in [1.807, 2.05) is 13.0 Å². The molecule has 0 fully saturated rings. The maximum atomic E-state index is 10.1. The van der Waals surface area contributed by atoms with E-state index in [4.69, 9.17) is 4.74 Å². The third-order valence-electron chi connectivity index (χ3n) is 3.24. The molecule has 88 valence electrons. The van der Waals surface area contributed by atoms with Gasteiger partial charge in [0.2, 0.25) is 0 Å². The Morgan fingerprint density at radius 3 is 2.81 bits per heavy atom. The second-order valence-corrected chi connectivity index (χ2v) is 4.49. The van der Waals surface area contributed by atoms with Gasteiger partial charge in [-0.2, -0.15) is 0 Å². The predicted molar refractivity (Wildman–Crippen MR) is 64.7 cm³/mol. The summed E-state index contributed by atoms with van der Waals surface area (Å²) in [6, 6.07) is 6.21. The maximum Gasteiger partial charge on any atom is 0.129 e. The standard InChI is InChI=1S/C14H20O2/c1-3-5-6-10-7-8-13-11(9-10)14(15)12(4-2)16-13/h7-9,12,14-15H,3-6H2,1-2H3. The lowest BCUT2D eigenvalue weighted by atomic mass is 10.0. The van der Waals surface area contributed by atoms with Crippen molar-refractivity contribution in [2.75, 3.05) is 0 Å². The molecule has 1 aliphatic rings. The number of aryl methyl sites for hydroxylation is 1. The van der Waals surface area contributed by atoms with Crippen LogP contribution in [0.25, 0.3) is 0 Å². The van der Waals surface area contributed by atoms with Crippen LogP contribution in [-0.4, -0.2) is 11.2 Å². The zero-order chi connectivity index (χ0) is 11.5. The monoisotopic (exact) mass is 220 g/mol. The molecule has 0 saturated carbocycles. The van der Waals surface area contributed by atoms with Crippen LogP contribution in [0.4, 0.5) is 0 Å². The molecule has 0 aliphatic carbocycles. The zero-order valence-electron chi connectivity index (χ0n) is 10.1. The van der Waals surface area contributed by atoms with Gasteiger partial charge in [0.1, 0.15) is 18.0 Å². The maximum absolute atomic E-state index is 10.1. The lowest BCUT2D eigenvalue weighted by Gasteiger charge is -2.10. The fraction of sp³-hybridized carbons (Fsp3) is 0.571. The van der Waals surface area contributed by atoms with E-state index >= 15 is 0 Å². The van der Waals surface area contributed by atoms with E-state index in [-0.39, 0.29) is 6.10 Å². The van der Waals surface area contributed by atoms with Crippen molar-refractivity contribution in [2.45, 2.75) is 51.7 Å². The molecule has 0 spiro atoms. The molecule has 2 unspecified atom stereocenters. The first kappa shape index (κ1) is 11.5. The zero-order valence-corrected chi connectivity index (χ0v) is 10.1. The molecule has 1 aromatic carbocycles. The van der Waals surface area contributed by atoms with Crippen molar-refractivity contribution < 1.29 is 9.84 Å². The first-order valence-corrected chi connectivity index (χ1v) is 6.23. The Labute approximate surface area is 97.3 Å². The predicted octanol–water partition coefficient (Wildman–Crippen LogP) is 3.23. The van der Waals surface area contributed by atoms with Crippen molar-refractivity contribution >= 4 is 0 Å². The van der Waals surface area contributed by atoms with Crippen molar-refractivity contribution in [1.82, 2.24) is 0 Å². The van der Waals surface area contributed by atoms with E-state index < -0.39 is 6.10 Å². The van der Waals surface area contributed by atoms with Crippen LogP contribution >= 0.6 is 0 Å². The minimum absolute atomic E-state index is 0.0589. The van der Waals surface area contributed by atoms with Crippen LogP contribution in [0.1, 0.15) is 50.3 Å². The Bertz CT molecular complexity index is 360. The van der Waals surface area contributed by atoms with Crippen LogP contribution in [0.2, 0.25) is 0 Å². The molecule has 2 heteroatoms. The van der Waals surface area contributed by atoms with Crippen molar-refractivity contribution in [1.29, 1.82) is 0 Å². The Balaban J connectivity index is 2.17. The summed E-state index contributed by atoms with van der Waals surface area (Å²) in [5, 5.41) is 10.1. The summed E-state index contributed by atoms with van der Waals surface area (Å²) >= 11 is 0. The largest absolute Gasteiger partial charge is 0.487 e. The summed E-state index contributed by atoms with van der Waals surface area (Å²) < 4.78 is 5.68. The summed E-state index contributed by atoms with van der Waals surface area (Å²) in [6.07, 6.45) is 3.84. The number of aliphatic hydroxyl groups is 1. The average Bonchev–Trinajstić information content (AvgIpc) is 2.63. The molecular formula is C14H20O2. The molecule has 2 nitrogen and oxygen atoms in total. The van der Waals surface area contributed by atoms with Crippen LogP contribution in [0.5, 0.6) is 5.75 Å². The smallest absolute Gasteiger partial charge is 0.129 e. The number of fused-ring (bicyclic) bond motifs is 1. The lowest BCUT2D eigenvalue weighted by Crippen LogP contribution is -2.16. The fourth-order valence-corrected chi connectivity index (χ4v) is 2.21. The van der Waals surface area contributed by atoms with Gasteiger partial charge in [-0.3, -0.25) is 0 Å². The molecule has 1 aromatic rings. The van der Waals surface area contributed by atoms with E-state index in [2.05, 4.69) is 19.1 Å². The molecule has 0 radical (unpaired) electrons. The minimum atomic E-state index is -0.443. The lowest BCUT2D eigenvalue weighted by molar-refractivity contribution is 0.0653. The summed E-state index contributed by atoms with van der Waals surface area (Å²) in [4.78, 5) is 0. The molecular weight excluding hydrogens is 200 g/mol. The van der Waals surface area contributed by atoms with E-state index in [0.29, 0.717) is 0 Å². The molecule has 0 amide bonds. The average molecular weight is 220 g/mol. The Morgan fingerprint density at radius 2 is 2.12 bits per heavy atom. The Kier molecular flexibility index (Phi) is 3.49. The minimum Gasteiger partial charge on any atom is -0.487 e. The van der Waals surface area contributed by atoms with Crippen molar-refractivity contribution in [2.24, 2.45) is 0 Å². The van der Waals surface area contributed by atoms with Crippen molar-refractivity contribution in [3.05, 3.63) is 29.3 Å². The number of rotatable bonds is 4. The van der Waals surface area contributed by atoms with E-state index in [1.165, 1.54) is 18.4 Å². The summed E-state index contributed by atoms with van der Waals surface area (Å²) in [5.74, 6) is 0.861. The van der Waals surface area contributed by atoms with Gasteiger partial charge < -0.3 is 9.84 Å². The van der Waals surface area contributed by atoms with Crippen LogP contribution in [-0.2, 0) is 6.42 Å². The van der Waals surface area contributed by atoms with Crippen LogP contribution in [0, 0.1) is 0 Å². The van der Waals surface area contributed by atoms with E-state index in [1.54, 1.807) is 0 Å². The highest BCUT2D eigenvalue weighted by Gasteiger charge is 2.31. The van der Waals surface area contributed by atoms with Gasteiger partial charge in [-0.1, -0.05) is 26.3 Å². The van der Waals surface area contributed by atoms with Gasteiger partial charge in [0, 0.05) is 5.56 Å². The number of ether oxygens (including phenoxy) is 1. The van der Waals surface area contributed by atoms with Gasteiger partial charge in [0.15, 0.2) is 0 Å². The topological polar surface area (TPSA) is 29.5 Å². The summed E-state index contributed by atoms with van der Waals surface area (Å²) in [7, 11) is 0. The first-order valence-electron chi connectivity index (χ1n) is 6.23. The van der Waals surface area contributed by atoms with Crippen LogP contribution in [0.15, 0.2) is 18.2 Å². The van der Waals surface area contributed by atoms with Gasteiger partial charge in [-0.05, 0) is 37.0 Å². The Hall–Kier alpha value is -1.02. The number of unbranched alkanes of at least 4 members (excludes halogenated alkanes) is 1. The number of benzene rings is 1. The molecule has 2 rings (SSSR count). The Morgan fingerprint density at radius 1 is 1.31 bits per heavy atom. The van der Waals surface area contributed by atoms with Crippen molar-refractivity contribution in [3.63, 3.8) is 0 Å². The summed E-state index contributed by atoms with van der Waals surface area (Å²) in [6.45, 7) is 4.23. The van der Waals surface area contributed by atoms with Gasteiger partial charge >= 0.3 is 0 Å². The molecule has 0 aromatic heterocycles. The van der Waals surface area contributed by atoms with E-state index in [0.717, 1.165) is 24.2 Å². The third-order valence-corrected chi connectivity index (χ3v) is 3.24. The third kappa shape index (κ3) is 2.07. The molecule has 2 atom stereocenters. The number of hydrogen-bond acceptors (Lipinski definition) is 2. The molecule has 1 N–H and O–H groups in total. The van der Waals surface area contributed by atoms with Gasteiger partial charge in [0.05, 0.1) is 0 Å². The van der Waals surface area contributed by atoms with Crippen molar-refractivity contribution in [3.8, 4) is 5.75 Å². The summed E-state index contributed by atoms with van der Waals surface area (Å²) in [5.41, 5.74) is 2.28. The highest BCUT2D eigenvalue weighted by atomic mass is 16.5. The molecule has 1 heterocycles. The highest BCUT2D eigenvalue weighted by Crippen LogP contribution is 2.38. The highest BCUT2D eigenvalue weighted by molar-refractivity contribution is 5.42. The number of aliphatic hydroxyl groups excluding tert-OH is 1. The quantitative estimate of drug-likeness (QED) is 0.844. The number of hydrogen-bond donors (Lipinski definition) is 1. The molecule has 0 saturated heterocycles. The second-order valence-electron chi connectivity index (χ2n) is 4.49. The fourth-order valence-electron chi connectivity index (χ4n) is 2.21. The van der Waals surface area contributed by atoms with E-state index in [9.17, 15) is 5.11 Å².